The van der Waals surface area contributed by atoms with E-state index >= 15 is 0 Å². The Morgan fingerprint density at radius 3 is 2.84 bits per heavy atom. The highest BCUT2D eigenvalue weighted by molar-refractivity contribution is 7.99. The molecule has 0 bridgehead atoms. The fourth-order valence-corrected chi connectivity index (χ4v) is 4.78. The largest absolute Gasteiger partial charge is 0.496 e. The zero-order valence-electron chi connectivity index (χ0n) is 17.0. The number of fused-ring (bicyclic) bond motifs is 2. The smallest absolute Gasteiger partial charge is 0.261 e. The lowest BCUT2D eigenvalue weighted by molar-refractivity contribution is 0.0949. The van der Waals surface area contributed by atoms with E-state index in [4.69, 9.17) is 4.74 Å². The first-order chi connectivity index (χ1) is 15.2. The minimum Gasteiger partial charge on any atom is -0.496 e. The summed E-state index contributed by atoms with van der Waals surface area (Å²) in [6, 6.07) is 16.9. The Morgan fingerprint density at radius 2 is 2.03 bits per heavy atom. The molecule has 3 aromatic rings. The summed E-state index contributed by atoms with van der Waals surface area (Å²) in [5, 5.41) is 3.63. The van der Waals surface area contributed by atoms with Crippen LogP contribution >= 0.6 is 11.8 Å². The van der Waals surface area contributed by atoms with Gasteiger partial charge in [0.05, 0.1) is 18.4 Å². The number of aromatic nitrogens is 1. The number of para-hydroxylation sites is 1. The van der Waals surface area contributed by atoms with Crippen molar-refractivity contribution in [2.75, 3.05) is 12.0 Å². The minimum absolute atomic E-state index is 0.0229. The molecule has 156 valence electrons. The van der Waals surface area contributed by atoms with Crippen molar-refractivity contribution in [2.45, 2.75) is 35.3 Å². The maximum Gasteiger partial charge on any atom is 0.261 e. The monoisotopic (exact) mass is 431 g/mol. The van der Waals surface area contributed by atoms with Crippen molar-refractivity contribution >= 4 is 29.3 Å². The molecule has 2 aliphatic rings. The number of carbonyl (C=O) groups excluding carboxylic acids is 2. The van der Waals surface area contributed by atoms with Gasteiger partial charge in [0.25, 0.3) is 11.8 Å². The van der Waals surface area contributed by atoms with E-state index in [1.165, 1.54) is 11.8 Å². The van der Waals surface area contributed by atoms with E-state index in [1.807, 2.05) is 47.4 Å². The molecule has 1 fully saturated rings. The average molecular weight is 432 g/mol. The van der Waals surface area contributed by atoms with Crippen molar-refractivity contribution < 1.29 is 14.3 Å². The number of methoxy groups -OCH3 is 1. The molecule has 1 aliphatic carbocycles. The number of benzene rings is 2. The summed E-state index contributed by atoms with van der Waals surface area (Å²) in [7, 11) is 1.61. The number of ether oxygens (including phenoxy) is 1. The molecule has 31 heavy (non-hydrogen) atoms. The quantitative estimate of drug-likeness (QED) is 0.652. The lowest BCUT2D eigenvalue weighted by atomic mass is 10.1. The Bertz CT molecular complexity index is 1180. The second kappa shape index (κ2) is 8.07. The normalized spacial score (nSPS) is 15.0. The Hall–Kier alpha value is -3.32. The number of amides is 2. The van der Waals surface area contributed by atoms with Crippen LogP contribution < -0.4 is 15.0 Å². The lowest BCUT2D eigenvalue weighted by Crippen LogP contribution is -2.33. The van der Waals surface area contributed by atoms with Gasteiger partial charge in [-0.15, -0.1) is 0 Å². The highest BCUT2D eigenvalue weighted by atomic mass is 32.2. The van der Waals surface area contributed by atoms with E-state index in [-0.39, 0.29) is 17.9 Å². The number of rotatable bonds is 5. The molecule has 0 spiro atoms. The van der Waals surface area contributed by atoms with Crippen molar-refractivity contribution in [1.82, 2.24) is 10.3 Å². The summed E-state index contributed by atoms with van der Waals surface area (Å²) >= 11 is 1.43. The zero-order chi connectivity index (χ0) is 21.4. The van der Waals surface area contributed by atoms with Crippen LogP contribution in [0, 0.1) is 0 Å². The molecule has 0 unspecified atom stereocenters. The fraction of sp³-hybridized carbons (Fsp3) is 0.208. The van der Waals surface area contributed by atoms with Crippen LogP contribution in [0.2, 0.25) is 0 Å². The van der Waals surface area contributed by atoms with Crippen LogP contribution in [0.1, 0.15) is 39.1 Å². The highest BCUT2D eigenvalue weighted by Gasteiger charge is 2.38. The van der Waals surface area contributed by atoms with Gasteiger partial charge in [-0.25, -0.2) is 4.98 Å². The van der Waals surface area contributed by atoms with E-state index < -0.39 is 0 Å². The molecule has 6 nitrogen and oxygen atoms in total. The van der Waals surface area contributed by atoms with E-state index in [0.29, 0.717) is 22.7 Å². The Balaban J connectivity index is 1.44. The van der Waals surface area contributed by atoms with Gasteiger partial charge < -0.3 is 15.0 Å². The van der Waals surface area contributed by atoms with Crippen molar-refractivity contribution in [2.24, 2.45) is 0 Å². The number of nitrogens with one attached hydrogen (secondary N) is 1. The van der Waals surface area contributed by atoms with E-state index in [9.17, 15) is 9.59 Å². The molecule has 5 rings (SSSR count). The maximum atomic E-state index is 13.2. The van der Waals surface area contributed by atoms with Crippen molar-refractivity contribution in [3.05, 3.63) is 77.5 Å². The molecule has 7 heteroatoms. The van der Waals surface area contributed by atoms with Gasteiger partial charge in [0.1, 0.15) is 10.8 Å². The van der Waals surface area contributed by atoms with Crippen LogP contribution in [0.5, 0.6) is 5.75 Å². The zero-order valence-corrected chi connectivity index (χ0v) is 17.8. The minimum atomic E-state index is -0.177. The van der Waals surface area contributed by atoms with Crippen LogP contribution in [0.4, 0.5) is 5.69 Å². The van der Waals surface area contributed by atoms with E-state index in [2.05, 4.69) is 10.3 Å². The van der Waals surface area contributed by atoms with Gasteiger partial charge in [-0.1, -0.05) is 30.0 Å². The van der Waals surface area contributed by atoms with Crippen molar-refractivity contribution in [3.8, 4) is 5.75 Å². The second-order valence-corrected chi connectivity index (χ2v) is 8.57. The van der Waals surface area contributed by atoms with Gasteiger partial charge in [0, 0.05) is 34.8 Å². The van der Waals surface area contributed by atoms with Crippen LogP contribution in [-0.2, 0) is 6.54 Å². The molecular weight excluding hydrogens is 410 g/mol. The highest BCUT2D eigenvalue weighted by Crippen LogP contribution is 2.44. The number of hydrogen-bond donors (Lipinski definition) is 1. The molecule has 1 aliphatic heterocycles. The molecular formula is C24H21N3O3S. The molecule has 1 N–H and O–H groups in total. The van der Waals surface area contributed by atoms with Gasteiger partial charge in [0.15, 0.2) is 0 Å². The molecule has 0 atom stereocenters. The first kappa shape index (κ1) is 19.6. The number of nitrogens with zero attached hydrogens (tertiary/aromatic N) is 2. The van der Waals surface area contributed by atoms with Crippen LogP contribution in [0.25, 0.3) is 0 Å². The summed E-state index contributed by atoms with van der Waals surface area (Å²) in [5.41, 5.74) is 2.91. The molecule has 0 saturated heterocycles. The second-order valence-electron chi connectivity index (χ2n) is 7.54. The number of pyridine rings is 1. The summed E-state index contributed by atoms with van der Waals surface area (Å²) in [4.78, 5) is 33.2. The molecule has 1 aromatic heterocycles. The summed E-state index contributed by atoms with van der Waals surface area (Å²) in [6.45, 7) is 0.365. The van der Waals surface area contributed by atoms with Gasteiger partial charge >= 0.3 is 0 Å². The summed E-state index contributed by atoms with van der Waals surface area (Å²) in [5.74, 6) is 0.538. The average Bonchev–Trinajstić information content (AvgIpc) is 3.64. The number of anilines is 1. The first-order valence-electron chi connectivity index (χ1n) is 10.2. The van der Waals surface area contributed by atoms with E-state index in [1.54, 1.807) is 25.4 Å². The Labute approximate surface area is 184 Å². The summed E-state index contributed by atoms with van der Waals surface area (Å²) < 4.78 is 5.36. The fourth-order valence-electron chi connectivity index (χ4n) is 3.74. The van der Waals surface area contributed by atoms with Gasteiger partial charge in [-0.3, -0.25) is 9.59 Å². The first-order valence-corrected chi connectivity index (χ1v) is 11.0. The van der Waals surface area contributed by atoms with Gasteiger partial charge in [0.2, 0.25) is 0 Å². The predicted octanol–water partition coefficient (Wildman–Crippen LogP) is 4.29. The van der Waals surface area contributed by atoms with Gasteiger partial charge in [-0.05, 0) is 49.2 Å². The van der Waals surface area contributed by atoms with Gasteiger partial charge in [-0.2, -0.15) is 0 Å². The van der Waals surface area contributed by atoms with Crippen LogP contribution in [-0.4, -0.2) is 29.9 Å². The number of carbonyl (C=O) groups is 2. The van der Waals surface area contributed by atoms with Crippen molar-refractivity contribution in [1.29, 1.82) is 0 Å². The van der Waals surface area contributed by atoms with Crippen molar-refractivity contribution in [3.63, 3.8) is 0 Å². The third kappa shape index (κ3) is 3.77. The Morgan fingerprint density at radius 1 is 1.19 bits per heavy atom. The maximum absolute atomic E-state index is 13.2. The third-order valence-corrected chi connectivity index (χ3v) is 6.52. The lowest BCUT2D eigenvalue weighted by Gasteiger charge is -2.23. The van der Waals surface area contributed by atoms with Crippen LogP contribution in [0.3, 0.4) is 0 Å². The topological polar surface area (TPSA) is 71.5 Å². The third-order valence-electron chi connectivity index (χ3n) is 5.45. The number of hydrogen-bond acceptors (Lipinski definition) is 5. The predicted molar refractivity (Wildman–Crippen MR) is 119 cm³/mol. The molecule has 2 heterocycles. The van der Waals surface area contributed by atoms with E-state index in [0.717, 1.165) is 34.7 Å². The molecule has 0 radical (unpaired) electrons. The molecule has 2 amide bonds. The Kier molecular flexibility index (Phi) is 5.11. The SMILES string of the molecule is COc1ccccc1CNC(=O)c1ccc2c(c1)Sc1ncccc1C(=O)N2C1CC1. The summed E-state index contributed by atoms with van der Waals surface area (Å²) in [6.07, 6.45) is 3.68. The molecule has 1 saturated carbocycles. The van der Waals surface area contributed by atoms with Crippen LogP contribution in [0.15, 0.2) is 70.7 Å². The standard InChI is InChI=1S/C24H21N3O3S/c1-30-20-7-3-2-5-16(20)14-26-22(28)15-8-11-19-21(13-15)31-23-18(6-4-12-25-23)24(29)27(19)17-9-10-17/h2-8,11-13,17H,9-10,14H2,1H3,(H,26,28). The molecule has 2 aromatic carbocycles.